The van der Waals surface area contributed by atoms with Crippen LogP contribution in [0.4, 0.5) is 0 Å². The van der Waals surface area contributed by atoms with Crippen LogP contribution in [0.1, 0.15) is 36.3 Å². The molecule has 0 fully saturated rings. The van der Waals surface area contributed by atoms with Crippen molar-refractivity contribution in [2.45, 2.75) is 33.2 Å². The van der Waals surface area contributed by atoms with Crippen LogP contribution in [0.3, 0.4) is 0 Å². The third-order valence-electron chi connectivity index (χ3n) is 4.00. The van der Waals surface area contributed by atoms with E-state index in [9.17, 15) is 9.59 Å². The Morgan fingerprint density at radius 3 is 2.50 bits per heavy atom. The summed E-state index contributed by atoms with van der Waals surface area (Å²) in [6, 6.07) is 6.93. The lowest BCUT2D eigenvalue weighted by molar-refractivity contribution is -0.138. The summed E-state index contributed by atoms with van der Waals surface area (Å²) >= 11 is 5.89. The van der Waals surface area contributed by atoms with E-state index in [-0.39, 0.29) is 18.5 Å². The molecule has 0 bridgehead atoms. The third-order valence-corrected chi connectivity index (χ3v) is 4.25. The number of carboxylic acids is 1. The lowest BCUT2D eigenvalue weighted by Gasteiger charge is -2.26. The van der Waals surface area contributed by atoms with Crippen molar-refractivity contribution in [2.24, 2.45) is 0 Å². The van der Waals surface area contributed by atoms with Crippen LogP contribution >= 0.6 is 11.6 Å². The Kier molecular flexibility index (Phi) is 5.62. The maximum Gasteiger partial charge on any atom is 0.323 e. The monoisotopic (exact) mass is 349 g/mol. The molecule has 128 valence electrons. The topological polar surface area (TPSA) is 75.4 Å². The second kappa shape index (κ2) is 7.49. The molecule has 2 rings (SSSR count). The summed E-state index contributed by atoms with van der Waals surface area (Å²) in [7, 11) is 0. The Bertz CT molecular complexity index is 740. The molecular weight excluding hydrogens is 330 g/mol. The van der Waals surface area contributed by atoms with E-state index in [0.717, 1.165) is 5.69 Å². The summed E-state index contributed by atoms with van der Waals surface area (Å²) in [5.74, 6) is -1.36. The van der Waals surface area contributed by atoms with Gasteiger partial charge < -0.3 is 10.0 Å². The van der Waals surface area contributed by atoms with E-state index in [2.05, 4.69) is 5.10 Å². The van der Waals surface area contributed by atoms with E-state index in [0.29, 0.717) is 22.7 Å². The zero-order valence-electron chi connectivity index (χ0n) is 13.9. The first-order valence-electron chi connectivity index (χ1n) is 7.68. The molecule has 1 aromatic heterocycles. The van der Waals surface area contributed by atoms with E-state index in [1.165, 1.54) is 11.1 Å². The van der Waals surface area contributed by atoms with E-state index < -0.39 is 5.97 Å². The molecular formula is C17H20ClN3O3. The molecule has 2 aromatic rings. The standard InChI is InChI=1S/C17H20ClN3O3/c1-4-11(2)20(10-16(22)23)17(24)15-9-19-21(12(15)3)14-7-5-13(18)6-8-14/h5-9,11H,4,10H2,1-3H3,(H,22,23). The van der Waals surface area contributed by atoms with Crippen molar-refractivity contribution in [1.82, 2.24) is 14.7 Å². The number of carboxylic acid groups (broad SMARTS) is 1. The van der Waals surface area contributed by atoms with Crippen molar-refractivity contribution < 1.29 is 14.7 Å². The third kappa shape index (κ3) is 3.76. The molecule has 1 unspecified atom stereocenters. The van der Waals surface area contributed by atoms with Crippen LogP contribution < -0.4 is 0 Å². The molecule has 1 heterocycles. The van der Waals surface area contributed by atoms with Crippen molar-refractivity contribution in [3.63, 3.8) is 0 Å². The number of aromatic nitrogens is 2. The number of halogens is 1. The molecule has 0 saturated carbocycles. The molecule has 1 aromatic carbocycles. The second-order valence-electron chi connectivity index (χ2n) is 5.62. The van der Waals surface area contributed by atoms with E-state index in [4.69, 9.17) is 16.7 Å². The number of hydrogen-bond acceptors (Lipinski definition) is 3. The fourth-order valence-electron chi connectivity index (χ4n) is 2.41. The summed E-state index contributed by atoms with van der Waals surface area (Å²) in [4.78, 5) is 25.2. The van der Waals surface area contributed by atoms with Gasteiger partial charge in [0, 0.05) is 11.1 Å². The van der Waals surface area contributed by atoms with Gasteiger partial charge in [-0.05, 0) is 44.5 Å². The van der Waals surface area contributed by atoms with Gasteiger partial charge in [0.15, 0.2) is 0 Å². The van der Waals surface area contributed by atoms with Crippen molar-refractivity contribution in [3.8, 4) is 5.69 Å². The fourth-order valence-corrected chi connectivity index (χ4v) is 2.54. The number of hydrogen-bond donors (Lipinski definition) is 1. The molecule has 1 atom stereocenters. The predicted octanol–water partition coefficient (Wildman–Crippen LogP) is 3.16. The van der Waals surface area contributed by atoms with Crippen LogP contribution in [0, 0.1) is 6.92 Å². The minimum atomic E-state index is -1.04. The molecule has 1 amide bonds. The van der Waals surface area contributed by atoms with E-state index >= 15 is 0 Å². The molecule has 0 aliphatic heterocycles. The average Bonchev–Trinajstić information content (AvgIpc) is 2.93. The van der Waals surface area contributed by atoms with Gasteiger partial charge in [-0.15, -0.1) is 0 Å². The number of carbonyl (C=O) groups is 2. The summed E-state index contributed by atoms with van der Waals surface area (Å²) in [5, 5.41) is 14.0. The summed E-state index contributed by atoms with van der Waals surface area (Å²) in [6.45, 7) is 5.19. The van der Waals surface area contributed by atoms with E-state index in [1.54, 1.807) is 35.9 Å². The molecule has 0 spiro atoms. The van der Waals surface area contributed by atoms with Gasteiger partial charge in [0.25, 0.3) is 5.91 Å². The van der Waals surface area contributed by atoms with Gasteiger partial charge >= 0.3 is 5.97 Å². The lowest BCUT2D eigenvalue weighted by Crippen LogP contribution is -2.42. The zero-order valence-corrected chi connectivity index (χ0v) is 14.6. The maximum absolute atomic E-state index is 12.8. The van der Waals surface area contributed by atoms with Crippen LogP contribution in [-0.4, -0.2) is 44.3 Å². The molecule has 0 aliphatic carbocycles. The van der Waals surface area contributed by atoms with Crippen molar-refractivity contribution in [2.75, 3.05) is 6.54 Å². The highest BCUT2D eigenvalue weighted by molar-refractivity contribution is 6.30. The van der Waals surface area contributed by atoms with Crippen molar-refractivity contribution in [3.05, 3.63) is 46.7 Å². The number of carbonyl (C=O) groups excluding carboxylic acids is 1. The molecule has 0 saturated heterocycles. The van der Waals surface area contributed by atoms with Gasteiger partial charge in [-0.3, -0.25) is 9.59 Å². The van der Waals surface area contributed by atoms with E-state index in [1.807, 2.05) is 13.8 Å². The normalized spacial score (nSPS) is 12.0. The van der Waals surface area contributed by atoms with Gasteiger partial charge in [0.2, 0.25) is 0 Å². The van der Waals surface area contributed by atoms with Gasteiger partial charge in [0.1, 0.15) is 6.54 Å². The fraction of sp³-hybridized carbons (Fsp3) is 0.353. The second-order valence-corrected chi connectivity index (χ2v) is 6.05. The van der Waals surface area contributed by atoms with Gasteiger partial charge in [-0.1, -0.05) is 18.5 Å². The van der Waals surface area contributed by atoms with Crippen LogP contribution in [0.15, 0.2) is 30.5 Å². The number of rotatable bonds is 6. The number of benzene rings is 1. The van der Waals surface area contributed by atoms with Crippen LogP contribution in [0.5, 0.6) is 0 Å². The highest BCUT2D eigenvalue weighted by Gasteiger charge is 2.26. The first-order chi connectivity index (χ1) is 11.3. The summed E-state index contributed by atoms with van der Waals surface area (Å²) in [6.07, 6.45) is 2.15. The summed E-state index contributed by atoms with van der Waals surface area (Å²) in [5.41, 5.74) is 1.83. The predicted molar refractivity (Wildman–Crippen MR) is 91.7 cm³/mol. The Labute approximate surface area is 145 Å². The molecule has 0 aliphatic rings. The SMILES string of the molecule is CCC(C)N(CC(=O)O)C(=O)c1cnn(-c2ccc(Cl)cc2)c1C. The van der Waals surface area contributed by atoms with Gasteiger partial charge in [0.05, 0.1) is 23.1 Å². The number of aliphatic carboxylic acids is 1. The summed E-state index contributed by atoms with van der Waals surface area (Å²) < 4.78 is 1.64. The van der Waals surface area contributed by atoms with Crippen molar-refractivity contribution >= 4 is 23.5 Å². The quantitative estimate of drug-likeness (QED) is 0.869. The first kappa shape index (κ1) is 18.0. The lowest BCUT2D eigenvalue weighted by atomic mass is 10.1. The minimum Gasteiger partial charge on any atom is -0.480 e. The van der Waals surface area contributed by atoms with Crippen LogP contribution in [0.25, 0.3) is 5.69 Å². The Hall–Kier alpha value is -2.34. The smallest absolute Gasteiger partial charge is 0.323 e. The number of amides is 1. The molecule has 0 radical (unpaired) electrons. The van der Waals surface area contributed by atoms with Gasteiger partial charge in [-0.2, -0.15) is 5.10 Å². The van der Waals surface area contributed by atoms with Crippen molar-refractivity contribution in [1.29, 1.82) is 0 Å². The average molecular weight is 350 g/mol. The van der Waals surface area contributed by atoms with Crippen LogP contribution in [-0.2, 0) is 4.79 Å². The van der Waals surface area contributed by atoms with Crippen LogP contribution in [0.2, 0.25) is 5.02 Å². The zero-order chi connectivity index (χ0) is 17.9. The Balaban J connectivity index is 2.36. The first-order valence-corrected chi connectivity index (χ1v) is 8.06. The van der Waals surface area contributed by atoms with Gasteiger partial charge in [-0.25, -0.2) is 4.68 Å². The molecule has 24 heavy (non-hydrogen) atoms. The largest absolute Gasteiger partial charge is 0.480 e. The number of nitrogens with zero attached hydrogens (tertiary/aromatic N) is 3. The Morgan fingerprint density at radius 1 is 1.33 bits per heavy atom. The maximum atomic E-state index is 12.8. The highest BCUT2D eigenvalue weighted by Crippen LogP contribution is 2.19. The molecule has 6 nitrogen and oxygen atoms in total. The molecule has 1 N–H and O–H groups in total. The Morgan fingerprint density at radius 2 is 1.96 bits per heavy atom. The molecule has 7 heteroatoms. The minimum absolute atomic E-state index is 0.174. The highest BCUT2D eigenvalue weighted by atomic mass is 35.5.